The first kappa shape index (κ1) is 22.0. The quantitative estimate of drug-likeness (QED) is 0.510. The molecule has 1 amide bonds. The lowest BCUT2D eigenvalue weighted by Crippen LogP contribution is -2.37. The third kappa shape index (κ3) is 5.53. The predicted octanol–water partition coefficient (Wildman–Crippen LogP) is 4.27. The highest BCUT2D eigenvalue weighted by Gasteiger charge is 2.44. The Morgan fingerprint density at radius 2 is 2.03 bits per heavy atom. The summed E-state index contributed by atoms with van der Waals surface area (Å²) in [5, 5.41) is 17.3. The van der Waals surface area contributed by atoms with Gasteiger partial charge in [0.05, 0.1) is 12.8 Å². The standard InChI is InChI=1S/C22H25ClN6O3/c1-21(2,3)32-20(30)25-12-22(7-8-22)13-31-16-10-17(18(23)24-11-16)14-5-4-6-15(9-14)19-26-28-29-27-19/h4-6,9-11H,7-8,12-13H2,1-3H3,(H,25,30)(H,26,27,28,29). The van der Waals surface area contributed by atoms with Crippen molar-refractivity contribution in [3.05, 3.63) is 41.7 Å². The molecule has 10 heteroatoms. The molecule has 0 spiro atoms. The number of pyridine rings is 1. The number of nitrogens with one attached hydrogen (secondary N) is 2. The van der Waals surface area contributed by atoms with Crippen molar-refractivity contribution in [2.75, 3.05) is 13.2 Å². The lowest BCUT2D eigenvalue weighted by Gasteiger charge is -2.22. The highest BCUT2D eigenvalue weighted by atomic mass is 35.5. The first-order chi connectivity index (χ1) is 15.2. The highest BCUT2D eigenvalue weighted by molar-refractivity contribution is 6.32. The molecule has 0 atom stereocenters. The molecule has 4 rings (SSSR count). The summed E-state index contributed by atoms with van der Waals surface area (Å²) in [5.41, 5.74) is 1.80. The Labute approximate surface area is 190 Å². The van der Waals surface area contributed by atoms with Crippen molar-refractivity contribution >= 4 is 17.7 Å². The molecule has 1 fully saturated rings. The van der Waals surface area contributed by atoms with Gasteiger partial charge in [0, 0.05) is 23.1 Å². The number of carbonyl (C=O) groups is 1. The minimum Gasteiger partial charge on any atom is -0.491 e. The van der Waals surface area contributed by atoms with E-state index in [9.17, 15) is 4.79 Å². The van der Waals surface area contributed by atoms with Crippen LogP contribution < -0.4 is 10.1 Å². The fourth-order valence-corrected chi connectivity index (χ4v) is 3.39. The summed E-state index contributed by atoms with van der Waals surface area (Å²) in [6.07, 6.45) is 3.14. The molecular formula is C22H25ClN6O3. The smallest absolute Gasteiger partial charge is 0.407 e. The summed E-state index contributed by atoms with van der Waals surface area (Å²) < 4.78 is 11.3. The van der Waals surface area contributed by atoms with Gasteiger partial charge in [-0.2, -0.15) is 5.21 Å². The van der Waals surface area contributed by atoms with Crippen LogP contribution in [0.2, 0.25) is 5.15 Å². The normalized spacial score (nSPS) is 14.6. The van der Waals surface area contributed by atoms with Gasteiger partial charge in [-0.1, -0.05) is 29.8 Å². The van der Waals surface area contributed by atoms with Gasteiger partial charge in [0.2, 0.25) is 5.82 Å². The van der Waals surface area contributed by atoms with E-state index in [2.05, 4.69) is 30.9 Å². The molecule has 0 saturated heterocycles. The summed E-state index contributed by atoms with van der Waals surface area (Å²) in [7, 11) is 0. The molecule has 2 aromatic heterocycles. The second-order valence-electron chi connectivity index (χ2n) is 8.97. The predicted molar refractivity (Wildman–Crippen MR) is 119 cm³/mol. The zero-order chi connectivity index (χ0) is 22.8. The molecule has 0 aliphatic heterocycles. The molecule has 0 bridgehead atoms. The van der Waals surface area contributed by atoms with Gasteiger partial charge >= 0.3 is 6.09 Å². The largest absolute Gasteiger partial charge is 0.491 e. The number of halogens is 1. The van der Waals surface area contributed by atoms with Gasteiger partial charge in [-0.25, -0.2) is 9.78 Å². The fourth-order valence-electron chi connectivity index (χ4n) is 3.18. The van der Waals surface area contributed by atoms with Gasteiger partial charge < -0.3 is 14.8 Å². The Bertz CT molecular complexity index is 1090. The molecule has 168 valence electrons. The molecule has 2 N–H and O–H groups in total. The number of aromatic nitrogens is 5. The highest BCUT2D eigenvalue weighted by Crippen LogP contribution is 2.45. The van der Waals surface area contributed by atoms with Crippen molar-refractivity contribution in [2.45, 2.75) is 39.2 Å². The lowest BCUT2D eigenvalue weighted by atomic mass is 10.0. The summed E-state index contributed by atoms with van der Waals surface area (Å²) in [6.45, 7) is 6.49. The van der Waals surface area contributed by atoms with E-state index in [0.717, 1.165) is 29.5 Å². The number of hydrogen-bond donors (Lipinski definition) is 2. The molecule has 0 radical (unpaired) electrons. The van der Waals surface area contributed by atoms with Crippen molar-refractivity contribution in [3.63, 3.8) is 0 Å². The Balaban J connectivity index is 1.42. The Hall–Kier alpha value is -3.20. The molecule has 1 aromatic carbocycles. The zero-order valence-electron chi connectivity index (χ0n) is 18.2. The van der Waals surface area contributed by atoms with Gasteiger partial charge in [0.25, 0.3) is 0 Å². The number of hydrogen-bond acceptors (Lipinski definition) is 7. The van der Waals surface area contributed by atoms with Crippen LogP contribution in [0, 0.1) is 5.41 Å². The van der Waals surface area contributed by atoms with Crippen LogP contribution in [0.3, 0.4) is 0 Å². The van der Waals surface area contributed by atoms with E-state index in [-0.39, 0.29) is 5.41 Å². The average Bonchev–Trinajstić information content (AvgIpc) is 3.30. The van der Waals surface area contributed by atoms with Gasteiger partial charge in [-0.15, -0.1) is 10.2 Å². The third-order valence-corrected chi connectivity index (χ3v) is 5.40. The summed E-state index contributed by atoms with van der Waals surface area (Å²) >= 11 is 6.37. The second-order valence-corrected chi connectivity index (χ2v) is 9.33. The van der Waals surface area contributed by atoms with Crippen LogP contribution in [0.5, 0.6) is 5.75 Å². The van der Waals surface area contributed by atoms with Gasteiger partial charge in [-0.3, -0.25) is 0 Å². The molecule has 3 aromatic rings. The summed E-state index contributed by atoms with van der Waals surface area (Å²) in [6, 6.07) is 9.51. The minimum atomic E-state index is -0.524. The van der Waals surface area contributed by atoms with Crippen molar-refractivity contribution in [2.24, 2.45) is 5.41 Å². The number of tetrazole rings is 1. The molecule has 1 saturated carbocycles. The molecule has 1 aliphatic carbocycles. The maximum Gasteiger partial charge on any atom is 0.407 e. The van der Waals surface area contributed by atoms with Crippen LogP contribution >= 0.6 is 11.6 Å². The summed E-state index contributed by atoms with van der Waals surface area (Å²) in [5.74, 6) is 1.11. The SMILES string of the molecule is CC(C)(C)OC(=O)NCC1(COc2cnc(Cl)c(-c3cccc(-c4nn[nH]n4)c3)c2)CC1. The first-order valence-corrected chi connectivity index (χ1v) is 10.7. The minimum absolute atomic E-state index is 0.0881. The molecule has 2 heterocycles. The number of aromatic amines is 1. The zero-order valence-corrected chi connectivity index (χ0v) is 18.9. The first-order valence-electron chi connectivity index (χ1n) is 10.3. The number of amides is 1. The third-order valence-electron chi connectivity index (χ3n) is 5.10. The number of nitrogens with zero attached hydrogens (tertiary/aromatic N) is 4. The Morgan fingerprint density at radius 1 is 1.25 bits per heavy atom. The van der Waals surface area contributed by atoms with Crippen LogP contribution in [-0.4, -0.2) is 50.5 Å². The molecule has 1 aliphatic rings. The second kappa shape index (κ2) is 8.74. The van der Waals surface area contributed by atoms with Gasteiger partial charge in [0.15, 0.2) is 0 Å². The number of benzene rings is 1. The molecule has 0 unspecified atom stereocenters. The monoisotopic (exact) mass is 456 g/mol. The van der Waals surface area contributed by atoms with Crippen LogP contribution in [0.15, 0.2) is 36.5 Å². The van der Waals surface area contributed by atoms with Crippen molar-refractivity contribution < 1.29 is 14.3 Å². The van der Waals surface area contributed by atoms with Gasteiger partial charge in [0.1, 0.15) is 16.5 Å². The Morgan fingerprint density at radius 3 is 2.72 bits per heavy atom. The van der Waals surface area contributed by atoms with Crippen LogP contribution in [0.4, 0.5) is 4.79 Å². The van der Waals surface area contributed by atoms with E-state index < -0.39 is 11.7 Å². The van der Waals surface area contributed by atoms with E-state index in [1.54, 1.807) is 6.20 Å². The number of H-pyrrole nitrogens is 1. The van der Waals surface area contributed by atoms with E-state index in [1.807, 2.05) is 51.1 Å². The summed E-state index contributed by atoms with van der Waals surface area (Å²) in [4.78, 5) is 16.2. The van der Waals surface area contributed by atoms with Crippen LogP contribution in [-0.2, 0) is 4.74 Å². The number of rotatable bonds is 7. The maximum atomic E-state index is 11.9. The Kier molecular flexibility index (Phi) is 6.01. The average molecular weight is 457 g/mol. The van der Waals surface area contributed by atoms with Gasteiger partial charge in [-0.05, 0) is 56.5 Å². The van der Waals surface area contributed by atoms with E-state index in [1.165, 1.54) is 0 Å². The number of alkyl carbamates (subject to hydrolysis) is 1. The van der Waals surface area contributed by atoms with Crippen LogP contribution in [0.1, 0.15) is 33.6 Å². The molecule has 32 heavy (non-hydrogen) atoms. The van der Waals surface area contributed by atoms with Crippen molar-refractivity contribution in [1.29, 1.82) is 0 Å². The topological polar surface area (TPSA) is 115 Å². The van der Waals surface area contributed by atoms with Crippen molar-refractivity contribution in [3.8, 4) is 28.3 Å². The number of carbonyl (C=O) groups excluding carboxylic acids is 1. The fraction of sp³-hybridized carbons (Fsp3) is 0.409. The van der Waals surface area contributed by atoms with Crippen LogP contribution in [0.25, 0.3) is 22.5 Å². The van der Waals surface area contributed by atoms with E-state index in [4.69, 9.17) is 21.1 Å². The number of ether oxygens (including phenoxy) is 2. The van der Waals surface area contributed by atoms with E-state index in [0.29, 0.717) is 29.9 Å². The van der Waals surface area contributed by atoms with E-state index >= 15 is 0 Å². The lowest BCUT2D eigenvalue weighted by molar-refractivity contribution is 0.0509. The molecular weight excluding hydrogens is 432 g/mol. The maximum absolute atomic E-state index is 11.9. The molecule has 9 nitrogen and oxygen atoms in total. The van der Waals surface area contributed by atoms with Crippen molar-refractivity contribution in [1.82, 2.24) is 30.9 Å².